The molecule has 0 aromatic heterocycles. The second kappa shape index (κ2) is 6.53. The van der Waals surface area contributed by atoms with E-state index in [4.69, 9.17) is 0 Å². The predicted molar refractivity (Wildman–Crippen MR) is 83.4 cm³/mol. The maximum atomic E-state index is 12.1. The van der Waals surface area contributed by atoms with E-state index >= 15 is 0 Å². The van der Waals surface area contributed by atoms with E-state index in [0.717, 1.165) is 0 Å². The lowest BCUT2D eigenvalue weighted by molar-refractivity contribution is -0.385. The summed E-state index contributed by atoms with van der Waals surface area (Å²) in [5, 5.41) is 13.7. The third-order valence-corrected chi connectivity index (χ3v) is 4.45. The van der Waals surface area contributed by atoms with Crippen molar-refractivity contribution in [1.29, 1.82) is 0 Å². The van der Waals surface area contributed by atoms with E-state index in [-0.39, 0.29) is 17.6 Å². The van der Waals surface area contributed by atoms with E-state index in [0.29, 0.717) is 22.6 Å². The van der Waals surface area contributed by atoms with Gasteiger partial charge in [0.25, 0.3) is 11.6 Å². The number of carbonyl (C=O) groups is 1. The van der Waals surface area contributed by atoms with Gasteiger partial charge in [0, 0.05) is 30.3 Å². The fourth-order valence-corrected chi connectivity index (χ4v) is 2.51. The van der Waals surface area contributed by atoms with E-state index in [1.807, 2.05) is 0 Å². The van der Waals surface area contributed by atoms with Gasteiger partial charge in [-0.3, -0.25) is 19.8 Å². The van der Waals surface area contributed by atoms with Crippen molar-refractivity contribution in [3.05, 3.63) is 38.3 Å². The first-order valence-electron chi connectivity index (χ1n) is 6.84. The molecule has 1 aliphatic rings. The van der Waals surface area contributed by atoms with Crippen molar-refractivity contribution in [2.45, 2.75) is 31.8 Å². The van der Waals surface area contributed by atoms with Crippen LogP contribution in [0.25, 0.3) is 0 Å². The first-order chi connectivity index (χ1) is 9.90. The van der Waals surface area contributed by atoms with E-state index in [1.54, 1.807) is 6.07 Å². The number of halogens is 1. The molecule has 1 saturated carbocycles. The van der Waals surface area contributed by atoms with E-state index in [9.17, 15) is 14.9 Å². The molecule has 21 heavy (non-hydrogen) atoms. The SMILES string of the molecule is CC(CNC(=O)c1ccc(Br)c([N+](=O)[O-])c1)N(C)C1CC1. The van der Waals surface area contributed by atoms with E-state index in [2.05, 4.69) is 40.1 Å². The minimum atomic E-state index is -0.510. The van der Waals surface area contributed by atoms with Gasteiger partial charge in [-0.25, -0.2) is 0 Å². The fourth-order valence-electron chi connectivity index (χ4n) is 2.12. The van der Waals surface area contributed by atoms with Gasteiger partial charge in [-0.1, -0.05) is 0 Å². The van der Waals surface area contributed by atoms with Gasteiger partial charge < -0.3 is 5.32 Å². The first-order valence-corrected chi connectivity index (χ1v) is 7.63. The number of hydrogen-bond acceptors (Lipinski definition) is 4. The zero-order valence-electron chi connectivity index (χ0n) is 12.0. The summed E-state index contributed by atoms with van der Waals surface area (Å²) >= 11 is 3.10. The Kier molecular flexibility index (Phi) is 4.95. The number of hydrogen-bond donors (Lipinski definition) is 1. The molecule has 1 unspecified atom stereocenters. The fraction of sp³-hybridized carbons (Fsp3) is 0.500. The van der Waals surface area contributed by atoms with Crippen LogP contribution in [0.3, 0.4) is 0 Å². The Morgan fingerprint density at radius 1 is 1.57 bits per heavy atom. The van der Waals surface area contributed by atoms with Crippen molar-refractivity contribution in [2.75, 3.05) is 13.6 Å². The molecule has 0 saturated heterocycles. The molecule has 1 aliphatic carbocycles. The van der Waals surface area contributed by atoms with E-state index < -0.39 is 4.92 Å². The molecule has 0 bridgehead atoms. The second-order valence-electron chi connectivity index (χ2n) is 5.38. The number of amides is 1. The summed E-state index contributed by atoms with van der Waals surface area (Å²) in [4.78, 5) is 24.7. The molecule has 0 spiro atoms. The normalized spacial score (nSPS) is 15.8. The van der Waals surface area contributed by atoms with Crippen molar-refractivity contribution >= 4 is 27.5 Å². The Hall–Kier alpha value is -1.47. The molecular formula is C14H18BrN3O3. The standard InChI is InChI=1S/C14H18BrN3O3/c1-9(17(2)11-4-5-11)8-16-14(19)10-3-6-12(15)13(7-10)18(20)21/h3,6-7,9,11H,4-5,8H2,1-2H3,(H,16,19). The number of carbonyl (C=O) groups excluding carboxylic acids is 1. The molecule has 0 heterocycles. The molecule has 6 nitrogen and oxygen atoms in total. The van der Waals surface area contributed by atoms with Gasteiger partial charge in [-0.15, -0.1) is 0 Å². The van der Waals surface area contributed by atoms with Gasteiger partial charge >= 0.3 is 0 Å². The monoisotopic (exact) mass is 355 g/mol. The molecule has 1 N–H and O–H groups in total. The highest BCUT2D eigenvalue weighted by Gasteiger charge is 2.29. The minimum absolute atomic E-state index is 0.106. The number of likely N-dealkylation sites (N-methyl/N-ethyl adjacent to an activating group) is 1. The molecule has 7 heteroatoms. The summed E-state index contributed by atoms with van der Waals surface area (Å²) in [6.45, 7) is 2.58. The zero-order chi connectivity index (χ0) is 15.6. The molecular weight excluding hydrogens is 338 g/mol. The van der Waals surface area contributed by atoms with Crippen LogP contribution in [-0.4, -0.2) is 41.4 Å². The maximum Gasteiger partial charge on any atom is 0.284 e. The van der Waals surface area contributed by atoms with Crippen molar-refractivity contribution < 1.29 is 9.72 Å². The molecule has 1 amide bonds. The Bertz CT molecular complexity index is 560. The van der Waals surface area contributed by atoms with Gasteiger partial charge in [-0.05, 0) is 54.9 Å². The molecule has 1 atom stereocenters. The van der Waals surface area contributed by atoms with Crippen molar-refractivity contribution in [2.24, 2.45) is 0 Å². The average Bonchev–Trinajstić information content (AvgIpc) is 3.28. The molecule has 114 valence electrons. The van der Waals surface area contributed by atoms with Crippen molar-refractivity contribution in [1.82, 2.24) is 10.2 Å². The molecule has 0 aliphatic heterocycles. The lowest BCUT2D eigenvalue weighted by atomic mass is 10.2. The zero-order valence-corrected chi connectivity index (χ0v) is 13.6. The summed E-state index contributed by atoms with van der Waals surface area (Å²) in [6, 6.07) is 5.25. The minimum Gasteiger partial charge on any atom is -0.350 e. The van der Waals surface area contributed by atoms with Crippen LogP contribution in [0.5, 0.6) is 0 Å². The quantitative estimate of drug-likeness (QED) is 0.628. The highest BCUT2D eigenvalue weighted by Crippen LogP contribution is 2.27. The van der Waals surface area contributed by atoms with Crippen molar-refractivity contribution in [3.8, 4) is 0 Å². The number of benzene rings is 1. The highest BCUT2D eigenvalue weighted by molar-refractivity contribution is 9.10. The lowest BCUT2D eigenvalue weighted by Gasteiger charge is -2.24. The maximum absolute atomic E-state index is 12.1. The van der Waals surface area contributed by atoms with Crippen LogP contribution in [0.2, 0.25) is 0 Å². The summed E-state index contributed by atoms with van der Waals surface area (Å²) < 4.78 is 0.367. The van der Waals surface area contributed by atoms with Crippen LogP contribution >= 0.6 is 15.9 Å². The van der Waals surface area contributed by atoms with Gasteiger partial charge in [-0.2, -0.15) is 0 Å². The van der Waals surface area contributed by atoms with Crippen LogP contribution in [0, 0.1) is 10.1 Å². The Labute approximate surface area is 131 Å². The van der Waals surface area contributed by atoms with Gasteiger partial charge in [0.2, 0.25) is 0 Å². The summed E-state index contributed by atoms with van der Waals surface area (Å²) in [5.41, 5.74) is 0.192. The summed E-state index contributed by atoms with van der Waals surface area (Å²) in [5.74, 6) is -0.290. The number of nitro benzene ring substituents is 1. The molecule has 1 aromatic carbocycles. The number of nitrogens with zero attached hydrogens (tertiary/aromatic N) is 2. The van der Waals surface area contributed by atoms with Gasteiger partial charge in [0.05, 0.1) is 9.40 Å². The first kappa shape index (κ1) is 15.9. The van der Waals surface area contributed by atoms with Gasteiger partial charge in [0.1, 0.15) is 0 Å². The van der Waals surface area contributed by atoms with Gasteiger partial charge in [0.15, 0.2) is 0 Å². The Morgan fingerprint density at radius 3 is 2.81 bits per heavy atom. The Balaban J connectivity index is 1.96. The summed E-state index contributed by atoms with van der Waals surface area (Å²) in [6.07, 6.45) is 2.43. The van der Waals surface area contributed by atoms with Crippen LogP contribution in [0.4, 0.5) is 5.69 Å². The lowest BCUT2D eigenvalue weighted by Crippen LogP contribution is -2.41. The largest absolute Gasteiger partial charge is 0.350 e. The number of rotatable bonds is 6. The smallest absolute Gasteiger partial charge is 0.284 e. The molecule has 0 radical (unpaired) electrons. The van der Waals surface area contributed by atoms with Crippen LogP contribution in [0.1, 0.15) is 30.1 Å². The second-order valence-corrected chi connectivity index (χ2v) is 6.23. The third kappa shape index (κ3) is 4.01. The van der Waals surface area contributed by atoms with Crippen LogP contribution < -0.4 is 5.32 Å². The average molecular weight is 356 g/mol. The van der Waals surface area contributed by atoms with Crippen LogP contribution in [0.15, 0.2) is 22.7 Å². The Morgan fingerprint density at radius 2 is 2.24 bits per heavy atom. The number of nitro groups is 1. The third-order valence-electron chi connectivity index (χ3n) is 3.78. The topological polar surface area (TPSA) is 75.5 Å². The number of nitrogens with one attached hydrogen (secondary N) is 1. The molecule has 1 fully saturated rings. The van der Waals surface area contributed by atoms with Crippen molar-refractivity contribution in [3.63, 3.8) is 0 Å². The molecule has 1 aromatic rings. The molecule has 2 rings (SSSR count). The summed E-state index contributed by atoms with van der Waals surface area (Å²) in [7, 11) is 2.05. The highest BCUT2D eigenvalue weighted by atomic mass is 79.9. The van der Waals surface area contributed by atoms with Crippen LogP contribution in [-0.2, 0) is 0 Å². The van der Waals surface area contributed by atoms with E-state index in [1.165, 1.54) is 25.0 Å². The predicted octanol–water partition coefficient (Wildman–Crippen LogP) is 2.57.